The van der Waals surface area contributed by atoms with Crippen molar-refractivity contribution in [2.75, 3.05) is 6.61 Å². The van der Waals surface area contributed by atoms with Crippen LogP contribution >= 0.6 is 0 Å². The number of aromatic nitrogens is 2. The third kappa shape index (κ3) is 2.87. The second kappa shape index (κ2) is 6.87. The van der Waals surface area contributed by atoms with Crippen molar-refractivity contribution in [3.8, 4) is 0 Å². The molecule has 3 fully saturated rings. The zero-order chi connectivity index (χ0) is 16.5. The highest BCUT2D eigenvalue weighted by molar-refractivity contribution is 5.76. The van der Waals surface area contributed by atoms with Crippen LogP contribution in [0.5, 0.6) is 0 Å². The van der Waals surface area contributed by atoms with Gasteiger partial charge < -0.3 is 14.6 Å². The second-order valence-electron chi connectivity index (χ2n) is 7.64. The number of nitrogens with zero attached hydrogens (tertiary/aromatic N) is 2. The lowest BCUT2D eigenvalue weighted by atomic mass is 9.61. The van der Waals surface area contributed by atoms with Gasteiger partial charge >= 0.3 is 0 Å². The molecule has 3 aliphatic rings. The molecule has 4 rings (SSSR count). The van der Waals surface area contributed by atoms with Crippen LogP contribution in [0.4, 0.5) is 0 Å². The Kier molecular flexibility index (Phi) is 4.61. The van der Waals surface area contributed by atoms with E-state index in [9.17, 15) is 4.79 Å². The van der Waals surface area contributed by atoms with Crippen LogP contribution in [-0.4, -0.2) is 34.2 Å². The average Bonchev–Trinajstić information content (AvgIpc) is 3.32. The maximum absolute atomic E-state index is 12.5. The Morgan fingerprint density at radius 3 is 3.00 bits per heavy atom. The Morgan fingerprint density at radius 1 is 1.38 bits per heavy atom. The maximum Gasteiger partial charge on any atom is 0.222 e. The molecule has 1 aromatic heterocycles. The van der Waals surface area contributed by atoms with Crippen molar-refractivity contribution >= 4 is 5.91 Å². The van der Waals surface area contributed by atoms with E-state index in [1.165, 1.54) is 25.7 Å². The summed E-state index contributed by atoms with van der Waals surface area (Å²) in [6.45, 7) is 3.69. The summed E-state index contributed by atoms with van der Waals surface area (Å²) in [4.78, 5) is 16.8. The Bertz CT molecular complexity index is 574. The lowest BCUT2D eigenvalue weighted by Crippen LogP contribution is -2.63. The van der Waals surface area contributed by atoms with Gasteiger partial charge in [-0.15, -0.1) is 0 Å². The molecular weight excluding hydrogens is 302 g/mol. The van der Waals surface area contributed by atoms with Gasteiger partial charge in [0.05, 0.1) is 6.10 Å². The number of rotatable bonds is 6. The number of imidazole rings is 1. The highest BCUT2D eigenvalue weighted by atomic mass is 16.5. The number of hydrogen-bond donors (Lipinski definition) is 1. The fourth-order valence-corrected chi connectivity index (χ4v) is 5.20. The topological polar surface area (TPSA) is 56.2 Å². The molecule has 2 heterocycles. The van der Waals surface area contributed by atoms with Gasteiger partial charge in [-0.2, -0.15) is 0 Å². The molecule has 24 heavy (non-hydrogen) atoms. The van der Waals surface area contributed by atoms with Crippen molar-refractivity contribution in [1.29, 1.82) is 0 Å². The van der Waals surface area contributed by atoms with E-state index in [0.717, 1.165) is 37.7 Å². The maximum atomic E-state index is 12.5. The Morgan fingerprint density at radius 2 is 2.21 bits per heavy atom. The number of amides is 1. The van der Waals surface area contributed by atoms with E-state index in [4.69, 9.17) is 4.74 Å². The zero-order valence-corrected chi connectivity index (χ0v) is 14.6. The van der Waals surface area contributed by atoms with Crippen LogP contribution in [-0.2, 0) is 22.5 Å². The predicted molar refractivity (Wildman–Crippen MR) is 91.4 cm³/mol. The highest BCUT2D eigenvalue weighted by Gasteiger charge is 2.56. The summed E-state index contributed by atoms with van der Waals surface area (Å²) in [6.07, 6.45) is 12.1. The summed E-state index contributed by atoms with van der Waals surface area (Å²) >= 11 is 0. The first-order chi connectivity index (χ1) is 11.8. The van der Waals surface area contributed by atoms with Crippen molar-refractivity contribution in [2.24, 2.45) is 17.8 Å². The van der Waals surface area contributed by atoms with Crippen LogP contribution in [0, 0.1) is 17.8 Å². The van der Waals surface area contributed by atoms with E-state index in [-0.39, 0.29) is 5.91 Å². The van der Waals surface area contributed by atoms with Crippen molar-refractivity contribution in [1.82, 2.24) is 14.9 Å². The first-order valence-corrected chi connectivity index (χ1v) is 9.69. The van der Waals surface area contributed by atoms with E-state index >= 15 is 0 Å². The van der Waals surface area contributed by atoms with E-state index in [1.54, 1.807) is 0 Å². The third-order valence-electron chi connectivity index (χ3n) is 6.41. The standard InChI is InChI=1S/C19H29N3O2/c1-2-15-20-9-11-22(15)10-7-16(23)21-18-14-8-12-24-19(14)17(18)13-5-3-4-6-13/h9,11,13-14,17-19H,2-8,10,12H2,1H3,(H,21,23)/t14-,17+,18+,19-/m0/s1. The van der Waals surface area contributed by atoms with Crippen molar-refractivity contribution in [3.63, 3.8) is 0 Å². The summed E-state index contributed by atoms with van der Waals surface area (Å²) < 4.78 is 8.07. The van der Waals surface area contributed by atoms with Crippen LogP contribution in [0.25, 0.3) is 0 Å². The molecule has 0 aromatic carbocycles. The average molecular weight is 331 g/mol. The van der Waals surface area contributed by atoms with Crippen molar-refractivity contribution in [3.05, 3.63) is 18.2 Å². The van der Waals surface area contributed by atoms with E-state index in [2.05, 4.69) is 21.8 Å². The van der Waals surface area contributed by atoms with Gasteiger partial charge in [0.1, 0.15) is 5.82 Å². The minimum atomic E-state index is 0.184. The normalized spacial score (nSPS) is 32.5. The number of nitrogens with one attached hydrogen (secondary N) is 1. The Labute approximate surface area is 144 Å². The Hall–Kier alpha value is -1.36. The summed E-state index contributed by atoms with van der Waals surface area (Å²) in [5.41, 5.74) is 0. The van der Waals surface area contributed by atoms with Gasteiger partial charge in [-0.3, -0.25) is 4.79 Å². The molecule has 1 N–H and O–H groups in total. The van der Waals surface area contributed by atoms with Gasteiger partial charge in [-0.25, -0.2) is 4.98 Å². The third-order valence-corrected chi connectivity index (χ3v) is 6.41. The zero-order valence-electron chi connectivity index (χ0n) is 14.6. The lowest BCUT2D eigenvalue weighted by molar-refractivity contribution is -0.130. The number of carbonyl (C=O) groups excluding carboxylic acids is 1. The molecule has 1 saturated heterocycles. The van der Waals surface area contributed by atoms with Crippen molar-refractivity contribution in [2.45, 2.75) is 70.6 Å². The molecule has 1 aliphatic heterocycles. The lowest BCUT2D eigenvalue weighted by Gasteiger charge is -2.50. The van der Waals surface area contributed by atoms with Crippen molar-refractivity contribution < 1.29 is 9.53 Å². The van der Waals surface area contributed by atoms with Gasteiger partial charge in [0.25, 0.3) is 0 Å². The van der Waals surface area contributed by atoms with Crippen LogP contribution in [0.3, 0.4) is 0 Å². The number of carbonyl (C=O) groups is 1. The SMILES string of the molecule is CCc1nccn1CCC(=O)N[C@@H]1[C@@H]2CCO[C@@H]2[C@@H]1C1CCCC1. The van der Waals surface area contributed by atoms with Crippen LogP contribution in [0.15, 0.2) is 12.4 Å². The first kappa shape index (κ1) is 16.1. The van der Waals surface area contributed by atoms with E-state index < -0.39 is 0 Å². The fourth-order valence-electron chi connectivity index (χ4n) is 5.20. The minimum absolute atomic E-state index is 0.184. The fraction of sp³-hybridized carbons (Fsp3) is 0.789. The molecule has 5 nitrogen and oxygen atoms in total. The Balaban J connectivity index is 1.34. The smallest absolute Gasteiger partial charge is 0.222 e. The predicted octanol–water partition coefficient (Wildman–Crippen LogP) is 2.55. The monoisotopic (exact) mass is 331 g/mol. The van der Waals surface area contributed by atoms with Gasteiger partial charge in [0, 0.05) is 56.3 Å². The molecule has 0 radical (unpaired) electrons. The minimum Gasteiger partial charge on any atom is -0.377 e. The number of aryl methyl sites for hydroxylation is 2. The summed E-state index contributed by atoms with van der Waals surface area (Å²) in [5, 5.41) is 3.36. The molecule has 4 atom stereocenters. The largest absolute Gasteiger partial charge is 0.377 e. The van der Waals surface area contributed by atoms with Crippen LogP contribution in [0.2, 0.25) is 0 Å². The van der Waals surface area contributed by atoms with Gasteiger partial charge in [0.15, 0.2) is 0 Å². The number of hydrogen-bond acceptors (Lipinski definition) is 3. The van der Waals surface area contributed by atoms with Crippen LogP contribution in [0.1, 0.15) is 51.3 Å². The second-order valence-corrected chi connectivity index (χ2v) is 7.64. The summed E-state index contributed by atoms with van der Waals surface area (Å²) in [7, 11) is 0. The molecule has 132 valence electrons. The summed E-state index contributed by atoms with van der Waals surface area (Å²) in [6, 6.07) is 0.349. The molecule has 5 heteroatoms. The molecule has 2 aliphatic carbocycles. The van der Waals surface area contributed by atoms with Gasteiger partial charge in [0.2, 0.25) is 5.91 Å². The van der Waals surface area contributed by atoms with Crippen LogP contribution < -0.4 is 5.32 Å². The quantitative estimate of drug-likeness (QED) is 0.871. The van der Waals surface area contributed by atoms with E-state index in [0.29, 0.717) is 30.4 Å². The number of ether oxygens (including phenoxy) is 1. The molecule has 1 aromatic rings. The molecular formula is C19H29N3O2. The summed E-state index contributed by atoms with van der Waals surface area (Å²) in [5.74, 6) is 3.11. The molecule has 1 amide bonds. The molecule has 0 unspecified atom stereocenters. The molecule has 0 bridgehead atoms. The molecule has 0 spiro atoms. The van der Waals surface area contributed by atoms with Gasteiger partial charge in [-0.1, -0.05) is 32.6 Å². The van der Waals surface area contributed by atoms with Gasteiger partial charge in [-0.05, 0) is 12.3 Å². The highest BCUT2D eigenvalue weighted by Crippen LogP contribution is 2.51. The molecule has 2 saturated carbocycles. The first-order valence-electron chi connectivity index (χ1n) is 9.69. The van der Waals surface area contributed by atoms with E-state index in [1.807, 2.05) is 12.4 Å². The number of fused-ring (bicyclic) bond motifs is 1.